The summed E-state index contributed by atoms with van der Waals surface area (Å²) in [6.45, 7) is 2.16. The topological polar surface area (TPSA) is 120 Å². The van der Waals surface area contributed by atoms with Crippen LogP contribution < -0.4 is 16.4 Å². The first-order valence-corrected chi connectivity index (χ1v) is 11.4. The summed E-state index contributed by atoms with van der Waals surface area (Å²) in [5, 5.41) is 22.2. The molecule has 0 amide bonds. The molecule has 5 N–H and O–H groups in total. The van der Waals surface area contributed by atoms with E-state index in [-0.39, 0.29) is 0 Å². The summed E-state index contributed by atoms with van der Waals surface area (Å²) in [5.74, 6) is 0. The van der Waals surface area contributed by atoms with E-state index >= 15 is 0 Å². The smallest absolute Gasteiger partial charge is 0.139 e. The minimum atomic E-state index is 0.398. The second-order valence-corrected chi connectivity index (χ2v) is 8.57. The van der Waals surface area contributed by atoms with Crippen LogP contribution in [0.3, 0.4) is 0 Å². The molecular weight excluding hydrogens is 412 g/mol. The Morgan fingerprint density at radius 1 is 1.21 bits per heavy atom. The molecule has 8 heteroatoms. The Bertz CT molecular complexity index is 1280. The van der Waals surface area contributed by atoms with Crippen LogP contribution in [0.2, 0.25) is 0 Å². The van der Waals surface area contributed by atoms with E-state index in [4.69, 9.17) is 11.0 Å². The van der Waals surface area contributed by atoms with Crippen LogP contribution in [0.1, 0.15) is 24.0 Å². The molecule has 3 aromatic heterocycles. The molecule has 0 spiro atoms. The molecule has 1 aliphatic carbocycles. The van der Waals surface area contributed by atoms with Crippen LogP contribution >= 0.6 is 0 Å². The number of pyridine rings is 1. The third-order valence-corrected chi connectivity index (χ3v) is 6.25. The quantitative estimate of drug-likeness (QED) is 0.318. The highest BCUT2D eigenvalue weighted by Crippen LogP contribution is 2.35. The first-order chi connectivity index (χ1) is 16.2. The normalized spacial score (nSPS) is 17.6. The van der Waals surface area contributed by atoms with Gasteiger partial charge in [-0.05, 0) is 55.6 Å². The van der Waals surface area contributed by atoms with Gasteiger partial charge in [-0.15, -0.1) is 0 Å². The monoisotopic (exact) mass is 440 g/mol. The van der Waals surface area contributed by atoms with Gasteiger partial charge in [-0.3, -0.25) is 4.68 Å². The van der Waals surface area contributed by atoms with Crippen molar-refractivity contribution in [3.63, 3.8) is 0 Å². The van der Waals surface area contributed by atoms with Crippen molar-refractivity contribution in [1.29, 1.82) is 5.26 Å². The number of nitrogens with one attached hydrogen (secondary N) is 3. The minimum absolute atomic E-state index is 0.398. The number of hydrogen-bond donors (Lipinski definition) is 4. The highest BCUT2D eigenvalue weighted by Gasteiger charge is 2.30. The number of benzene rings is 1. The van der Waals surface area contributed by atoms with Gasteiger partial charge in [0.05, 0.1) is 29.6 Å². The molecule has 0 atom stereocenters. The molecule has 4 aromatic rings. The van der Waals surface area contributed by atoms with Gasteiger partial charge in [0.25, 0.3) is 0 Å². The first kappa shape index (κ1) is 21.2. The minimum Gasteiger partial charge on any atom is -0.381 e. The summed E-state index contributed by atoms with van der Waals surface area (Å²) in [4.78, 5) is 7.79. The fourth-order valence-corrected chi connectivity index (χ4v) is 4.44. The highest BCUT2D eigenvalue weighted by molar-refractivity contribution is 5.97. The number of fused-ring (bicyclic) bond motifs is 1. The van der Waals surface area contributed by atoms with Gasteiger partial charge in [0, 0.05) is 48.2 Å². The van der Waals surface area contributed by atoms with Crippen LogP contribution in [0, 0.1) is 11.3 Å². The van der Waals surface area contributed by atoms with E-state index in [1.54, 1.807) is 0 Å². The van der Waals surface area contributed by atoms with E-state index in [9.17, 15) is 0 Å². The lowest BCUT2D eigenvalue weighted by Gasteiger charge is -2.37. The third-order valence-electron chi connectivity index (χ3n) is 6.25. The summed E-state index contributed by atoms with van der Waals surface area (Å²) in [5.41, 5.74) is 11.4. The summed E-state index contributed by atoms with van der Waals surface area (Å²) >= 11 is 0. The second kappa shape index (κ2) is 9.45. The first-order valence-electron chi connectivity index (χ1n) is 11.4. The average molecular weight is 441 g/mol. The standard InChI is InChI=1S/C25H28N8/c26-7-11-33-10-6-23(32-33)22-16-30-25-21(5-9-29-25)24(22)31-20-13-19(14-20)28-8-4-17-2-1-3-18(12-17)15-27/h1-3,5-6,9-10,12,16,19-20,28H,4,7-8,11,13-14,26H2,(H2,29,30,31). The van der Waals surface area contributed by atoms with Crippen LogP contribution in [0.4, 0.5) is 5.69 Å². The Balaban J connectivity index is 1.22. The maximum absolute atomic E-state index is 9.05. The van der Waals surface area contributed by atoms with Gasteiger partial charge in [0.15, 0.2) is 0 Å². The molecule has 0 radical (unpaired) electrons. The van der Waals surface area contributed by atoms with E-state index < -0.39 is 0 Å². The lowest BCUT2D eigenvalue weighted by Crippen LogP contribution is -2.48. The largest absolute Gasteiger partial charge is 0.381 e. The van der Waals surface area contributed by atoms with Crippen LogP contribution in [0.5, 0.6) is 0 Å². The molecule has 0 aliphatic heterocycles. The number of nitriles is 1. The van der Waals surface area contributed by atoms with Crippen molar-refractivity contribution in [2.24, 2.45) is 5.73 Å². The molecule has 0 bridgehead atoms. The number of nitrogens with zero attached hydrogens (tertiary/aromatic N) is 4. The average Bonchev–Trinajstić information content (AvgIpc) is 3.47. The molecule has 33 heavy (non-hydrogen) atoms. The van der Waals surface area contributed by atoms with E-state index in [1.165, 1.54) is 5.56 Å². The molecule has 1 aliphatic rings. The summed E-state index contributed by atoms with van der Waals surface area (Å²) in [6, 6.07) is 15.0. The highest BCUT2D eigenvalue weighted by atomic mass is 15.3. The number of hydrogen-bond acceptors (Lipinski definition) is 6. The second-order valence-electron chi connectivity index (χ2n) is 8.57. The number of anilines is 1. The van der Waals surface area contributed by atoms with Gasteiger partial charge in [-0.1, -0.05) is 12.1 Å². The lowest BCUT2D eigenvalue weighted by molar-refractivity contribution is 0.311. The molecule has 0 unspecified atom stereocenters. The van der Waals surface area contributed by atoms with Crippen molar-refractivity contribution >= 4 is 16.7 Å². The number of nitrogens with two attached hydrogens (primary N) is 1. The summed E-state index contributed by atoms with van der Waals surface area (Å²) in [7, 11) is 0. The Labute approximate surface area is 192 Å². The van der Waals surface area contributed by atoms with Gasteiger partial charge in [-0.25, -0.2) is 4.98 Å². The van der Waals surface area contributed by atoms with Gasteiger partial charge >= 0.3 is 0 Å². The van der Waals surface area contributed by atoms with E-state index in [0.717, 1.165) is 59.3 Å². The van der Waals surface area contributed by atoms with E-state index in [1.807, 2.05) is 47.5 Å². The zero-order chi connectivity index (χ0) is 22.6. The number of aromatic amines is 1. The molecular formula is C25H28N8. The van der Waals surface area contributed by atoms with Crippen molar-refractivity contribution in [2.75, 3.05) is 18.4 Å². The number of H-pyrrole nitrogens is 1. The van der Waals surface area contributed by atoms with E-state index in [0.29, 0.717) is 25.2 Å². The molecule has 8 nitrogen and oxygen atoms in total. The van der Waals surface area contributed by atoms with Crippen molar-refractivity contribution in [1.82, 2.24) is 25.1 Å². The van der Waals surface area contributed by atoms with Gasteiger partial charge in [0.2, 0.25) is 0 Å². The predicted molar refractivity (Wildman–Crippen MR) is 130 cm³/mol. The van der Waals surface area contributed by atoms with Crippen molar-refractivity contribution in [3.05, 3.63) is 66.1 Å². The van der Waals surface area contributed by atoms with Crippen LogP contribution in [-0.4, -0.2) is 44.9 Å². The fraction of sp³-hybridized carbons (Fsp3) is 0.320. The molecule has 1 saturated carbocycles. The van der Waals surface area contributed by atoms with Gasteiger partial charge < -0.3 is 21.4 Å². The number of aromatic nitrogens is 4. The molecule has 3 heterocycles. The number of rotatable bonds is 9. The summed E-state index contributed by atoms with van der Waals surface area (Å²) < 4.78 is 1.87. The summed E-state index contributed by atoms with van der Waals surface area (Å²) in [6.07, 6.45) is 8.82. The van der Waals surface area contributed by atoms with Crippen molar-refractivity contribution < 1.29 is 0 Å². The zero-order valence-corrected chi connectivity index (χ0v) is 18.5. The lowest BCUT2D eigenvalue weighted by atomic mass is 9.86. The molecule has 1 fully saturated rings. The zero-order valence-electron chi connectivity index (χ0n) is 18.5. The van der Waals surface area contributed by atoms with Gasteiger partial charge in [0.1, 0.15) is 5.65 Å². The maximum Gasteiger partial charge on any atom is 0.139 e. The van der Waals surface area contributed by atoms with Crippen molar-refractivity contribution in [3.8, 4) is 17.3 Å². The molecule has 0 saturated heterocycles. The Morgan fingerprint density at radius 3 is 2.97 bits per heavy atom. The Morgan fingerprint density at radius 2 is 2.12 bits per heavy atom. The van der Waals surface area contributed by atoms with E-state index in [2.05, 4.69) is 43.9 Å². The van der Waals surface area contributed by atoms with Crippen LogP contribution in [0.25, 0.3) is 22.3 Å². The fourth-order valence-electron chi connectivity index (χ4n) is 4.44. The Hall–Kier alpha value is -3.67. The predicted octanol–water partition coefficient (Wildman–Crippen LogP) is 3.03. The molecule has 1 aromatic carbocycles. The SMILES string of the molecule is N#Cc1cccc(CCNC2CC(Nc3c(-c4ccn(CCN)n4)cnc4[nH]ccc34)C2)c1. The molecule has 5 rings (SSSR count). The molecule has 168 valence electrons. The van der Waals surface area contributed by atoms with Crippen LogP contribution in [-0.2, 0) is 13.0 Å². The maximum atomic E-state index is 9.05. The van der Waals surface area contributed by atoms with Gasteiger partial charge in [-0.2, -0.15) is 10.4 Å². The Kier molecular flexibility index (Phi) is 6.07. The van der Waals surface area contributed by atoms with Crippen LogP contribution in [0.15, 0.2) is 55.0 Å². The third kappa shape index (κ3) is 4.60. The van der Waals surface area contributed by atoms with Crippen molar-refractivity contribution in [2.45, 2.75) is 37.9 Å².